The van der Waals surface area contributed by atoms with Crippen LogP contribution in [0, 0.1) is 58.2 Å². The van der Waals surface area contributed by atoms with Crippen LogP contribution in [0.15, 0.2) is 119 Å². The number of nitrogens with zero attached hydrogens (tertiary/aromatic N) is 4. The Kier molecular flexibility index (Phi) is 52.3. The highest BCUT2D eigenvalue weighted by Crippen LogP contribution is 2.49. The molecule has 0 radical (unpaired) electrons. The molecule has 9 atom stereocenters. The molecule has 23 N–H and O–H groups in total. The second kappa shape index (κ2) is 62.5. The van der Waals surface area contributed by atoms with Gasteiger partial charge in [0, 0.05) is 155 Å². The maximum atomic E-state index is 14.4. The van der Waals surface area contributed by atoms with Crippen molar-refractivity contribution < 1.29 is 89.4 Å². The predicted octanol–water partition coefficient (Wildman–Crippen LogP) is 7.84. The van der Waals surface area contributed by atoms with Crippen LogP contribution >= 0.6 is 11.8 Å². The molecule has 3 heterocycles. The number of ether oxygens (including phenoxy) is 1. The lowest BCUT2D eigenvalue weighted by atomic mass is 9.81. The standard InChI is InChI=1S/C106H160N22O18S2/c1-14-126-85-44-38-68(4)58-79(85)105(9,10)92(126)35-19-16-15-17-20-36-93-106(11,12)80-63-78(148(142,143)144)43-45-86(80)127(93)53-22-18-21-37-94(135)115-52-56-146-125-71(7)74-41-39-73(40-42-74)59-69(5)88(131)34-28-55-145-65-96(137)128-54-27-33-87(128)100(141)124-83(57-67(2)3)89(132)46-47-95(136)121-84(66-147-13)90(133)60-70(6)97(138)120-64-77(130)61-75(29-23-48-116-101(107)108)98(139)123-82(32-26-51-119-104(113)114)91(134)62-76(30-24-49-117-102(109)110)99(140)122-81(72(8)129)31-25-50-118-103(111)112/h15-17,19-20,35-36,38-45,58,63,67,69-70,75-76,81-84,87H,14,18,21-34,37,46-57,59-62,64-66H2,1-13H3,(H22-,107,108,109,110,111,112,113,114,115,116,117,118,119,120,121,122,123,124,135,136,138,139,140,141,142,143,144)/p+1/b125-71+/t69-,70+,75-,76-,81+,82+,83-,84-,87-/m0/s1. The lowest BCUT2D eigenvalue weighted by Crippen LogP contribution is -2.52. The van der Waals surface area contributed by atoms with Gasteiger partial charge in [0.2, 0.25) is 47.0 Å². The van der Waals surface area contributed by atoms with Gasteiger partial charge in [-0.3, -0.25) is 88.5 Å². The Hall–Kier alpha value is -12.8. The fourth-order valence-electron chi connectivity index (χ4n) is 18.3. The molecule has 3 aliphatic rings. The summed E-state index contributed by atoms with van der Waals surface area (Å²) in [4.78, 5) is 187. The van der Waals surface area contributed by atoms with Gasteiger partial charge in [-0.05, 0) is 197 Å². The van der Waals surface area contributed by atoms with Crippen LogP contribution in [0.25, 0.3) is 0 Å². The zero-order valence-electron chi connectivity index (χ0n) is 88.3. The van der Waals surface area contributed by atoms with Crippen LogP contribution in [0.3, 0.4) is 0 Å². The van der Waals surface area contributed by atoms with Crippen molar-refractivity contribution in [3.63, 3.8) is 0 Å². The molecule has 814 valence electrons. The minimum Gasteiger partial charge on any atom is -0.394 e. The molecule has 1 saturated heterocycles. The number of likely N-dealkylation sites (tertiary alicyclic amines) is 1. The first-order valence-corrected chi connectivity index (χ1v) is 54.1. The van der Waals surface area contributed by atoms with Gasteiger partial charge < -0.3 is 95.5 Å². The summed E-state index contributed by atoms with van der Waals surface area (Å²) in [5, 5.41) is 61.6. The van der Waals surface area contributed by atoms with E-state index in [1.807, 2.05) is 96.2 Å². The van der Waals surface area contributed by atoms with Gasteiger partial charge in [-0.15, -0.1) is 0 Å². The van der Waals surface area contributed by atoms with Gasteiger partial charge in [-0.25, -0.2) is 0 Å². The molecule has 0 aliphatic carbocycles. The van der Waals surface area contributed by atoms with E-state index in [1.165, 1.54) is 59.1 Å². The van der Waals surface area contributed by atoms with Crippen molar-refractivity contribution in [2.24, 2.45) is 57.7 Å². The molecule has 3 aromatic carbocycles. The number of rotatable bonds is 69. The molecular weight excluding hydrogens is 1930 g/mol. The van der Waals surface area contributed by atoms with E-state index >= 15 is 0 Å². The monoisotopic (exact) mass is 2090 g/mol. The number of nitrogens with one attached hydrogen (secondary N) is 14. The number of guanidine groups is 4. The number of hydrogen-bond acceptors (Lipinski definition) is 24. The second-order valence-electron chi connectivity index (χ2n) is 39.7. The number of fused-ring (bicyclic) bond motifs is 2. The van der Waals surface area contributed by atoms with Crippen molar-refractivity contribution in [1.29, 1.82) is 21.6 Å². The zero-order valence-corrected chi connectivity index (χ0v) is 90.0. The number of carbonyl (C=O) groups is 13. The number of aryl methyl sites for hydroxylation is 1. The van der Waals surface area contributed by atoms with Crippen LogP contribution in [-0.2, 0) is 99.3 Å². The lowest BCUT2D eigenvalue weighted by Gasteiger charge is -2.27. The lowest BCUT2D eigenvalue weighted by molar-refractivity contribution is -0.433. The summed E-state index contributed by atoms with van der Waals surface area (Å²) in [6.45, 7) is 25.0. The van der Waals surface area contributed by atoms with Crippen LogP contribution in [-0.4, -0.2) is 255 Å². The first kappa shape index (κ1) is 124. The van der Waals surface area contributed by atoms with Gasteiger partial charge in [-0.1, -0.05) is 119 Å². The number of oxime groups is 1. The van der Waals surface area contributed by atoms with E-state index < -0.39 is 141 Å². The molecule has 0 spiro atoms. The number of Topliss-reactive ketones (excluding diaryl/α,β-unsaturated/α-hetero) is 6. The molecule has 3 aromatic rings. The van der Waals surface area contributed by atoms with Gasteiger partial charge in [0.05, 0.1) is 53.3 Å². The number of ketones is 6. The van der Waals surface area contributed by atoms with Crippen molar-refractivity contribution in [1.82, 2.24) is 58.1 Å². The predicted molar refractivity (Wildman–Crippen MR) is 576 cm³/mol. The number of carbonyl (C=O) groups excluding carboxylic acids is 13. The normalized spacial score (nSPS) is 16.1. The van der Waals surface area contributed by atoms with E-state index in [0.717, 1.165) is 47.5 Å². The summed E-state index contributed by atoms with van der Waals surface area (Å²) in [5.74, 6) is -11.0. The molecule has 3 aliphatic heterocycles. The number of benzene rings is 3. The molecule has 0 unspecified atom stereocenters. The first-order valence-electron chi connectivity index (χ1n) is 51.3. The van der Waals surface area contributed by atoms with Gasteiger partial charge in [0.1, 0.15) is 31.6 Å². The number of unbranched alkanes of at least 4 members (excludes halogenated alkanes) is 2. The topological polar surface area (TPSA) is 636 Å². The summed E-state index contributed by atoms with van der Waals surface area (Å²) in [5.41, 5.74) is 31.2. The largest absolute Gasteiger partial charge is 0.394 e. The maximum Gasteiger partial charge on any atom is 0.294 e. The third-order valence-electron chi connectivity index (χ3n) is 26.5. The average molecular weight is 2100 g/mol. The summed E-state index contributed by atoms with van der Waals surface area (Å²) >= 11 is 1.25. The molecule has 0 saturated carbocycles. The molecule has 148 heavy (non-hydrogen) atoms. The van der Waals surface area contributed by atoms with E-state index in [2.05, 4.69) is 126 Å². The summed E-state index contributed by atoms with van der Waals surface area (Å²) < 4.78 is 42.7. The Morgan fingerprint density at radius 3 is 1.80 bits per heavy atom. The van der Waals surface area contributed by atoms with E-state index in [9.17, 15) is 75.3 Å². The smallest absolute Gasteiger partial charge is 0.294 e. The van der Waals surface area contributed by atoms with Crippen molar-refractivity contribution in [3.05, 3.63) is 137 Å². The SMILES string of the molecule is CC[N+]1=C(/C=C/C=C/C=C/C=C2/N(CCCCCC(=O)NCCO/N=C(\C)c3ccc(C[C@H](C)C(=O)CCCOCC(=O)N4CCC[C@H]4C(=O)N[C@@H](CC(C)C)C(=O)CCC(=O)N[C@@H](CSC)C(=O)C[C@@H](C)C(=O)NCC(=O)C[C@H](CCCNC(=N)N)C(=O)N[C@H](CCCNC(=N)N)C(=O)C[C@H](CCCNC(=N)N)C(=O)N[C@H](CCCNC(=N)N)C(C)=O)cc3)c3ccc(S(=O)(=O)O)cc3C2(C)C)C(C)(C)c2cc(C)ccc21. The number of allylic oxidation sites excluding steroid dienone is 8. The minimum atomic E-state index is -4.44. The van der Waals surface area contributed by atoms with Crippen LogP contribution in [0.1, 0.15) is 245 Å². The molecular formula is C106H161N22O18S2+. The van der Waals surface area contributed by atoms with E-state index in [1.54, 1.807) is 18.4 Å². The zero-order chi connectivity index (χ0) is 110. The molecule has 0 bridgehead atoms. The maximum absolute atomic E-state index is 14.4. The van der Waals surface area contributed by atoms with Crippen LogP contribution < -0.4 is 81.0 Å². The Labute approximate surface area is 875 Å². The van der Waals surface area contributed by atoms with Gasteiger partial charge in [0.25, 0.3) is 10.1 Å². The summed E-state index contributed by atoms with van der Waals surface area (Å²) in [7, 11) is -4.44. The van der Waals surface area contributed by atoms with E-state index in [4.69, 9.17) is 54.1 Å². The van der Waals surface area contributed by atoms with Crippen LogP contribution in [0.4, 0.5) is 11.4 Å². The Bertz CT molecular complexity index is 5440. The number of hydrogen-bond donors (Lipinski definition) is 19. The quantitative estimate of drug-likeness (QED) is 0.00486. The van der Waals surface area contributed by atoms with Gasteiger partial charge in [-0.2, -0.15) is 24.8 Å². The first-order chi connectivity index (χ1) is 70.1. The number of nitrogens with two attached hydrogens (primary N) is 4. The fraction of sp³-hybridized carbons (Fsp3) is 0.575. The van der Waals surface area contributed by atoms with Gasteiger partial charge in [0.15, 0.2) is 58.5 Å². The molecule has 40 nitrogen and oxygen atoms in total. The number of anilines is 1. The molecule has 0 aromatic heterocycles. The van der Waals surface area contributed by atoms with Crippen molar-refractivity contribution in [3.8, 4) is 0 Å². The third-order valence-corrected chi connectivity index (χ3v) is 28.0. The summed E-state index contributed by atoms with van der Waals surface area (Å²) in [6.07, 6.45) is 19.9. The summed E-state index contributed by atoms with van der Waals surface area (Å²) in [6, 6.07) is 13.8. The Morgan fingerprint density at radius 1 is 0.588 bits per heavy atom. The Balaban J connectivity index is 0.896. The molecule has 1 fully saturated rings. The van der Waals surface area contributed by atoms with Crippen LogP contribution in [0.2, 0.25) is 0 Å². The van der Waals surface area contributed by atoms with Crippen molar-refractivity contribution in [2.45, 2.75) is 277 Å². The fourth-order valence-corrected chi connectivity index (χ4v) is 19.4. The average Bonchev–Trinajstić information content (AvgIpc) is 1.59. The molecule has 6 rings (SSSR count). The highest BCUT2D eigenvalue weighted by molar-refractivity contribution is 7.98. The highest BCUT2D eigenvalue weighted by atomic mass is 32.2. The molecule has 42 heteroatoms. The Morgan fingerprint density at radius 2 is 1.19 bits per heavy atom. The highest BCUT2D eigenvalue weighted by Gasteiger charge is 2.45. The van der Waals surface area contributed by atoms with E-state index in [-0.39, 0.29) is 205 Å². The number of thioether (sulfide) groups is 1. The third kappa shape index (κ3) is 41.7. The van der Waals surface area contributed by atoms with Crippen molar-refractivity contribution in [2.75, 3.05) is 95.6 Å². The van der Waals surface area contributed by atoms with Gasteiger partial charge >= 0.3 is 0 Å². The minimum absolute atomic E-state index is 0.0154. The number of amides is 7. The second-order valence-corrected chi connectivity index (χ2v) is 42.1. The van der Waals surface area contributed by atoms with Crippen LogP contribution in [0.5, 0.6) is 0 Å². The van der Waals surface area contributed by atoms with Crippen molar-refractivity contribution >= 4 is 145 Å². The molecule has 7 amide bonds. The van der Waals surface area contributed by atoms with E-state index in [0.29, 0.717) is 57.2 Å².